The van der Waals surface area contributed by atoms with Crippen molar-refractivity contribution in [2.24, 2.45) is 0 Å². The van der Waals surface area contributed by atoms with Gasteiger partial charge < -0.3 is 0 Å². The Morgan fingerprint density at radius 2 is 1.45 bits per heavy atom. The molecule has 10 aliphatic heterocycles. The fourth-order valence-electron chi connectivity index (χ4n) is 17.9. The van der Waals surface area contributed by atoms with Gasteiger partial charge in [0.05, 0.1) is 0 Å². The fraction of sp³-hybridized carbons (Fsp3) is 0.647. The quantitative estimate of drug-likeness (QED) is 0.481. The number of rotatable bonds is 1. The van der Waals surface area contributed by atoms with Gasteiger partial charge in [0, 0.05) is 0 Å². The maximum absolute atomic E-state index is 13.0. The Morgan fingerprint density at radius 3 is 1.77 bits per heavy atom. The summed E-state index contributed by atoms with van der Waals surface area (Å²) in [7, 11) is 0. The van der Waals surface area contributed by atoms with Gasteiger partial charge in [0.2, 0.25) is 0 Å². The maximum atomic E-state index is 13.0. The molecule has 4 unspecified atom stereocenters. The summed E-state index contributed by atoms with van der Waals surface area (Å²) in [6, 6.07) is 4.64. The van der Waals surface area contributed by atoms with E-state index in [0.29, 0.717) is 4.31 Å². The zero-order valence-electron chi connectivity index (χ0n) is 11.3. The summed E-state index contributed by atoms with van der Waals surface area (Å²) in [6.45, 7) is -3.26. The summed E-state index contributed by atoms with van der Waals surface area (Å²) < 4.78 is 40.3. The third kappa shape index (κ3) is 0.128. The average molecular weight is 409 g/mol. The van der Waals surface area contributed by atoms with Crippen LogP contribution in [0.2, 0.25) is 43.3 Å². The predicted molar refractivity (Wildman–Crippen MR) is 74.6 cm³/mol. The van der Waals surface area contributed by atoms with Crippen LogP contribution >= 0.6 is 15.9 Å². The molecular weight excluding hydrogens is 397 g/mol. The van der Waals surface area contributed by atoms with Gasteiger partial charge in [-0.15, -0.1) is 0 Å². The molecule has 22 heavy (non-hydrogen) atoms. The average Bonchev–Trinajstić information content (AvgIpc) is 3.39. The van der Waals surface area contributed by atoms with E-state index in [4.69, 9.17) is 0 Å². The van der Waals surface area contributed by atoms with Gasteiger partial charge >= 0.3 is 123 Å². The van der Waals surface area contributed by atoms with Crippen LogP contribution in [0, 0.1) is 0 Å². The van der Waals surface area contributed by atoms with Crippen LogP contribution in [0.5, 0.6) is 0 Å². The molecule has 0 bridgehead atoms. The second-order valence-corrected chi connectivity index (χ2v) is 36.3. The summed E-state index contributed by atoms with van der Waals surface area (Å²) in [5.74, 6) is 0. The van der Waals surface area contributed by atoms with E-state index < -0.39 is 18.2 Å². The zero-order valence-corrected chi connectivity index (χ0v) is 14.0. The molecule has 0 aliphatic carbocycles. The van der Waals surface area contributed by atoms with Crippen molar-refractivity contribution in [1.82, 2.24) is 0 Å². The zero-order chi connectivity index (χ0) is 14.4. The number of fused-ring (bicyclic) bond motifs is 10. The molecule has 4 atom stereocenters. The predicted octanol–water partition coefficient (Wildman–Crippen LogP) is 6.26. The van der Waals surface area contributed by atoms with Crippen LogP contribution in [0.1, 0.15) is 11.1 Å². The normalized spacial score (nSPS) is 95.5. The van der Waals surface area contributed by atoms with E-state index >= 15 is 0 Å². The Hall–Kier alpha value is 0.00948. The van der Waals surface area contributed by atoms with E-state index in [1.165, 1.54) is 51.4 Å². The first kappa shape index (κ1) is 9.48. The third-order valence-electron chi connectivity index (χ3n) is 16.4. The number of hydrogen-bond acceptors (Lipinski definition) is 0. The summed E-state index contributed by atoms with van der Waals surface area (Å²) in [4.78, 5) is 10.6. The van der Waals surface area contributed by atoms with Gasteiger partial charge in [-0.05, 0) is 0 Å². The minimum absolute atomic E-state index is 0.491. The van der Waals surface area contributed by atoms with Crippen LogP contribution in [0.4, 0.5) is 13.2 Å². The summed E-state index contributed by atoms with van der Waals surface area (Å²) in [6.07, 6.45) is -4.23. The molecule has 0 N–H and O–H groups in total. The van der Waals surface area contributed by atoms with Crippen molar-refractivity contribution in [2.45, 2.75) is 53.8 Å². The number of hydrogen-bond donors (Lipinski definition) is 0. The van der Waals surface area contributed by atoms with Gasteiger partial charge in [-0.1, -0.05) is 0 Å². The van der Waals surface area contributed by atoms with Crippen LogP contribution in [0.25, 0.3) is 0 Å². The molecule has 5 heteroatoms. The second kappa shape index (κ2) is 0.913. The first-order valence-corrected chi connectivity index (χ1v) is 15.3. The van der Waals surface area contributed by atoms with E-state index in [-0.39, 0.29) is 0 Å². The molecule has 10 fully saturated rings. The monoisotopic (exact) mass is 408 g/mol. The van der Waals surface area contributed by atoms with Gasteiger partial charge in [-0.2, -0.15) is 0 Å². The van der Waals surface area contributed by atoms with Crippen molar-refractivity contribution >= 4 is 15.9 Å². The van der Waals surface area contributed by atoms with Crippen LogP contribution < -0.4 is 0 Å². The molecule has 1 aromatic carbocycles. The second-order valence-electron chi connectivity index (χ2n) is 11.9. The Kier molecular flexibility index (Phi) is 0.393. The Morgan fingerprint density at radius 1 is 0.909 bits per heavy atom. The van der Waals surface area contributed by atoms with Gasteiger partial charge in [-0.3, -0.25) is 0 Å². The number of halogens is 4. The first-order valence-electron chi connectivity index (χ1n) is 8.25. The van der Waals surface area contributed by atoms with Gasteiger partial charge in [-0.25, -0.2) is 0 Å². The van der Waals surface area contributed by atoms with Crippen LogP contribution in [-0.4, -0.2) is 0 Å². The number of alkyl halides is 3. The van der Waals surface area contributed by atoms with Crippen molar-refractivity contribution in [1.29, 1.82) is 0 Å². The van der Waals surface area contributed by atoms with Crippen LogP contribution in [-0.2, 0) is 17.0 Å². The standard InChI is InChI=1S/C12H7BrF3.C5H5.Fe/c13-11-7-9(12(14,15)16)5-6-10(11)8-3-1-2-4-8;1-2-4-5-3-1;/h1-7H;1-5H;. The molecule has 116 valence electrons. The van der Waals surface area contributed by atoms with Crippen LogP contribution in [0.3, 0.4) is 0 Å². The SMILES string of the molecule is FC(F)(F)c1ccc([C]23[CH]4[CH]5[CH]6[CH]2[Fe]56432789[CH]3[CH]2[CH]7[CH]8[CH]39)c(Br)c1. The topological polar surface area (TPSA) is 0 Å². The molecule has 10 aliphatic rings. The van der Waals surface area contributed by atoms with Gasteiger partial charge in [0.15, 0.2) is 0 Å². The van der Waals surface area contributed by atoms with Crippen molar-refractivity contribution in [3.63, 3.8) is 0 Å². The fourth-order valence-corrected chi connectivity index (χ4v) is 93.0. The van der Waals surface area contributed by atoms with Gasteiger partial charge in [0.25, 0.3) is 0 Å². The molecule has 0 aromatic heterocycles. The summed E-state index contributed by atoms with van der Waals surface area (Å²) in [5, 5.41) is 0. The third-order valence-corrected chi connectivity index (χ3v) is 59.4. The molecule has 0 amide bonds. The van der Waals surface area contributed by atoms with E-state index in [1.807, 2.05) is 6.07 Å². The van der Waals surface area contributed by atoms with Crippen molar-refractivity contribution in [3.8, 4) is 0 Å². The molecule has 10 heterocycles. The first-order chi connectivity index (χ1) is 10.2. The van der Waals surface area contributed by atoms with Gasteiger partial charge in [0.1, 0.15) is 0 Å². The molecular formula is C17H12BrF3Fe. The summed E-state index contributed by atoms with van der Waals surface area (Å²) in [5.41, 5.74) is 0.863. The number of benzene rings is 1. The summed E-state index contributed by atoms with van der Waals surface area (Å²) >= 11 is 3.57. The Labute approximate surface area is 123 Å². The van der Waals surface area contributed by atoms with Crippen molar-refractivity contribution in [3.05, 3.63) is 33.8 Å². The van der Waals surface area contributed by atoms with Crippen LogP contribution in [0.15, 0.2) is 22.7 Å². The van der Waals surface area contributed by atoms with Crippen molar-refractivity contribution < 1.29 is 19.7 Å². The molecule has 11 rings (SSSR count). The van der Waals surface area contributed by atoms with E-state index in [1.54, 1.807) is 0 Å². The minimum atomic E-state index is -4.23. The molecule has 10 saturated heterocycles. The van der Waals surface area contributed by atoms with E-state index in [2.05, 4.69) is 15.9 Å². The molecule has 0 radical (unpaired) electrons. The molecule has 1 spiro atoms. The van der Waals surface area contributed by atoms with Crippen molar-refractivity contribution in [2.75, 3.05) is 0 Å². The molecule has 0 saturated carbocycles. The molecule has 0 nitrogen and oxygen atoms in total. The Balaban J connectivity index is 1.33. The Bertz CT molecular complexity index is 1230. The van der Waals surface area contributed by atoms with E-state index in [0.717, 1.165) is 14.1 Å². The molecule has 1 aromatic rings. The van der Waals surface area contributed by atoms with E-state index in [9.17, 15) is 13.2 Å².